The van der Waals surface area contributed by atoms with E-state index in [1.807, 2.05) is 20.2 Å². The van der Waals surface area contributed by atoms with Crippen LogP contribution >= 0.6 is 11.3 Å². The molecule has 2 aromatic carbocycles. The van der Waals surface area contributed by atoms with Crippen LogP contribution in [0.3, 0.4) is 0 Å². The topological polar surface area (TPSA) is 54.9 Å². The van der Waals surface area contributed by atoms with Gasteiger partial charge in [-0.2, -0.15) is 0 Å². The molecule has 0 N–H and O–H groups in total. The zero-order valence-electron chi connectivity index (χ0n) is 16.9. The highest BCUT2D eigenvalue weighted by Crippen LogP contribution is 2.40. The van der Waals surface area contributed by atoms with Crippen molar-refractivity contribution in [3.8, 4) is 11.5 Å². The fraction of sp³-hybridized carbons (Fsp3) is 0.333. The maximum atomic E-state index is 13.3. The molecular weight excluding hydrogens is 393 g/mol. The molecule has 0 saturated heterocycles. The van der Waals surface area contributed by atoms with Crippen LogP contribution in [0.5, 0.6) is 11.5 Å². The molecule has 0 bridgehead atoms. The molecule has 0 spiro atoms. The van der Waals surface area contributed by atoms with Crippen LogP contribution in [0.2, 0.25) is 0 Å². The minimum atomic E-state index is -0.379. The number of benzene rings is 2. The van der Waals surface area contributed by atoms with Gasteiger partial charge >= 0.3 is 0 Å². The third-order valence-electron chi connectivity index (χ3n) is 4.45. The molecule has 154 valence electrons. The van der Waals surface area contributed by atoms with Crippen molar-refractivity contribution in [1.29, 1.82) is 0 Å². The summed E-state index contributed by atoms with van der Waals surface area (Å²) in [5, 5.41) is 0.552. The van der Waals surface area contributed by atoms with E-state index in [0.717, 1.165) is 17.7 Å². The normalized spacial score (nSPS) is 11.1. The Labute approximate surface area is 173 Å². The van der Waals surface area contributed by atoms with E-state index in [2.05, 4.69) is 9.88 Å². The van der Waals surface area contributed by atoms with E-state index >= 15 is 0 Å². The second-order valence-corrected chi connectivity index (χ2v) is 7.74. The molecule has 0 aliphatic heterocycles. The van der Waals surface area contributed by atoms with Crippen LogP contribution in [0.15, 0.2) is 36.4 Å². The predicted octanol–water partition coefficient (Wildman–Crippen LogP) is 4.05. The zero-order chi connectivity index (χ0) is 21.0. The van der Waals surface area contributed by atoms with Crippen molar-refractivity contribution >= 4 is 32.6 Å². The Morgan fingerprint density at radius 1 is 1.03 bits per heavy atom. The highest BCUT2D eigenvalue weighted by Gasteiger charge is 2.23. The third kappa shape index (κ3) is 4.65. The van der Waals surface area contributed by atoms with Crippen LogP contribution in [0.25, 0.3) is 10.2 Å². The molecule has 0 aliphatic carbocycles. The first-order valence-corrected chi connectivity index (χ1v) is 10.00. The Hall–Kier alpha value is -2.71. The first kappa shape index (κ1) is 21.0. The Bertz CT molecular complexity index is 948. The smallest absolute Gasteiger partial charge is 0.260 e. The molecular formula is C21H24FN3O3S. The average molecular weight is 418 g/mol. The summed E-state index contributed by atoms with van der Waals surface area (Å²) in [5.41, 5.74) is 1.06. The number of fused-ring (bicyclic) bond motifs is 1. The van der Waals surface area contributed by atoms with Crippen molar-refractivity contribution in [2.75, 3.05) is 46.3 Å². The molecule has 0 aliphatic rings. The standard InChI is InChI=1S/C21H24FN3O3S/c1-24(2)12-5-13-25(20(26)14-6-8-15(22)9-7-14)21-23-18-16(27-3)10-11-17(28-4)19(18)29-21/h6-11H,5,12-13H2,1-4H3. The van der Waals surface area contributed by atoms with Crippen LogP contribution in [0.4, 0.5) is 9.52 Å². The van der Waals surface area contributed by atoms with E-state index in [-0.39, 0.29) is 11.7 Å². The molecule has 0 unspecified atom stereocenters. The number of carbonyl (C=O) groups is 1. The van der Waals surface area contributed by atoms with Crippen molar-refractivity contribution in [1.82, 2.24) is 9.88 Å². The number of methoxy groups -OCH3 is 2. The summed E-state index contributed by atoms with van der Waals surface area (Å²) in [6.07, 6.45) is 0.768. The summed E-state index contributed by atoms with van der Waals surface area (Å²) in [6.45, 7) is 1.31. The van der Waals surface area contributed by atoms with E-state index in [0.29, 0.717) is 34.3 Å². The number of rotatable bonds is 8. The quantitative estimate of drug-likeness (QED) is 0.553. The van der Waals surface area contributed by atoms with Crippen molar-refractivity contribution < 1.29 is 18.7 Å². The van der Waals surface area contributed by atoms with Crippen LogP contribution < -0.4 is 14.4 Å². The molecule has 29 heavy (non-hydrogen) atoms. The second kappa shape index (κ2) is 9.19. The molecule has 0 radical (unpaired) electrons. The van der Waals surface area contributed by atoms with Gasteiger partial charge in [-0.25, -0.2) is 9.37 Å². The monoisotopic (exact) mass is 417 g/mol. The fourth-order valence-electron chi connectivity index (χ4n) is 2.97. The first-order chi connectivity index (χ1) is 13.9. The van der Waals surface area contributed by atoms with E-state index in [4.69, 9.17) is 9.47 Å². The van der Waals surface area contributed by atoms with Gasteiger partial charge in [0.2, 0.25) is 0 Å². The summed E-state index contributed by atoms with van der Waals surface area (Å²) in [4.78, 5) is 21.6. The fourth-order valence-corrected chi connectivity index (χ4v) is 4.07. The number of anilines is 1. The average Bonchev–Trinajstić information content (AvgIpc) is 3.15. The molecule has 3 rings (SSSR count). The van der Waals surface area contributed by atoms with Gasteiger partial charge in [0.1, 0.15) is 27.5 Å². The highest BCUT2D eigenvalue weighted by molar-refractivity contribution is 7.22. The molecule has 8 heteroatoms. The van der Waals surface area contributed by atoms with E-state index in [1.165, 1.54) is 35.6 Å². The minimum absolute atomic E-state index is 0.222. The minimum Gasteiger partial charge on any atom is -0.495 e. The predicted molar refractivity (Wildman–Crippen MR) is 114 cm³/mol. The summed E-state index contributed by atoms with van der Waals surface area (Å²) < 4.78 is 25.0. The van der Waals surface area contributed by atoms with E-state index in [1.54, 1.807) is 25.2 Å². The number of amides is 1. The lowest BCUT2D eigenvalue weighted by Crippen LogP contribution is -2.33. The van der Waals surface area contributed by atoms with Gasteiger partial charge in [0.25, 0.3) is 5.91 Å². The Kier molecular flexibility index (Phi) is 6.66. The summed E-state index contributed by atoms with van der Waals surface area (Å²) in [6, 6.07) is 9.17. The van der Waals surface area contributed by atoms with Gasteiger partial charge in [0.15, 0.2) is 5.13 Å². The summed E-state index contributed by atoms with van der Waals surface area (Å²) >= 11 is 1.37. The van der Waals surface area contributed by atoms with Gasteiger partial charge in [-0.05, 0) is 63.5 Å². The van der Waals surface area contributed by atoms with Gasteiger partial charge in [-0.3, -0.25) is 9.69 Å². The lowest BCUT2D eigenvalue weighted by molar-refractivity contribution is 0.0986. The van der Waals surface area contributed by atoms with Crippen LogP contribution in [0, 0.1) is 5.82 Å². The summed E-state index contributed by atoms with van der Waals surface area (Å²) in [5.74, 6) is 0.689. The number of hydrogen-bond acceptors (Lipinski definition) is 6. The van der Waals surface area contributed by atoms with Crippen molar-refractivity contribution in [2.45, 2.75) is 6.42 Å². The number of thiazole rings is 1. The number of aromatic nitrogens is 1. The van der Waals surface area contributed by atoms with Gasteiger partial charge in [0.05, 0.1) is 14.2 Å². The Morgan fingerprint density at radius 2 is 1.69 bits per heavy atom. The van der Waals surface area contributed by atoms with Gasteiger partial charge in [-0.15, -0.1) is 0 Å². The van der Waals surface area contributed by atoms with E-state index < -0.39 is 0 Å². The molecule has 3 aromatic rings. The Morgan fingerprint density at radius 3 is 2.31 bits per heavy atom. The zero-order valence-corrected chi connectivity index (χ0v) is 17.8. The third-order valence-corrected chi connectivity index (χ3v) is 5.55. The highest BCUT2D eigenvalue weighted by atomic mass is 32.1. The number of halogens is 1. The van der Waals surface area contributed by atoms with Gasteiger partial charge < -0.3 is 14.4 Å². The van der Waals surface area contributed by atoms with Crippen molar-refractivity contribution in [2.24, 2.45) is 0 Å². The van der Waals surface area contributed by atoms with Crippen LogP contribution in [0.1, 0.15) is 16.8 Å². The molecule has 6 nitrogen and oxygen atoms in total. The maximum Gasteiger partial charge on any atom is 0.260 e. The molecule has 1 amide bonds. The van der Waals surface area contributed by atoms with Crippen LogP contribution in [-0.2, 0) is 0 Å². The SMILES string of the molecule is COc1ccc(OC)c2sc(N(CCCN(C)C)C(=O)c3ccc(F)cc3)nc12. The first-order valence-electron chi connectivity index (χ1n) is 9.18. The van der Waals surface area contributed by atoms with Gasteiger partial charge in [-0.1, -0.05) is 11.3 Å². The van der Waals surface area contributed by atoms with E-state index in [9.17, 15) is 9.18 Å². The van der Waals surface area contributed by atoms with Gasteiger partial charge in [0, 0.05) is 12.1 Å². The number of hydrogen-bond donors (Lipinski definition) is 0. The molecule has 0 atom stereocenters. The maximum absolute atomic E-state index is 13.3. The number of ether oxygens (including phenoxy) is 2. The molecule has 1 heterocycles. The van der Waals surface area contributed by atoms with Crippen molar-refractivity contribution in [3.05, 3.63) is 47.8 Å². The summed E-state index contributed by atoms with van der Waals surface area (Å²) in [7, 11) is 7.15. The van der Waals surface area contributed by atoms with Crippen LogP contribution in [-0.4, -0.2) is 57.2 Å². The molecule has 1 aromatic heterocycles. The lowest BCUT2D eigenvalue weighted by Gasteiger charge is -2.21. The van der Waals surface area contributed by atoms with Crippen molar-refractivity contribution in [3.63, 3.8) is 0 Å². The molecule has 0 fully saturated rings. The Balaban J connectivity index is 2.02. The lowest BCUT2D eigenvalue weighted by atomic mass is 10.2. The second-order valence-electron chi connectivity index (χ2n) is 6.76. The molecule has 0 saturated carbocycles. The largest absolute Gasteiger partial charge is 0.495 e. The number of nitrogens with zero attached hydrogens (tertiary/aromatic N) is 3. The number of carbonyl (C=O) groups excluding carboxylic acids is 1.